The van der Waals surface area contributed by atoms with Crippen LogP contribution in [0.4, 0.5) is 0 Å². The summed E-state index contributed by atoms with van der Waals surface area (Å²) in [7, 11) is 3.19. The molecule has 2 atom stereocenters. The fraction of sp³-hybridized carbons (Fsp3) is 0.381. The number of rotatable bonds is 9. The van der Waals surface area contributed by atoms with Gasteiger partial charge in [-0.25, -0.2) is 0 Å². The number of nitrogens with one attached hydrogen (secondary N) is 2. The molecule has 1 saturated carbocycles. The molecule has 0 bridgehead atoms. The van der Waals surface area contributed by atoms with Gasteiger partial charge in [-0.3, -0.25) is 14.6 Å². The fourth-order valence-corrected chi connectivity index (χ4v) is 3.09. The van der Waals surface area contributed by atoms with Gasteiger partial charge in [-0.2, -0.15) is 0 Å². The maximum Gasteiger partial charge on any atom is 0.224 e. The summed E-state index contributed by atoms with van der Waals surface area (Å²) >= 11 is 0. The van der Waals surface area contributed by atoms with E-state index in [4.69, 9.17) is 9.47 Å². The van der Waals surface area contributed by atoms with Crippen LogP contribution in [0, 0.1) is 11.8 Å². The number of benzene rings is 1. The Balaban J connectivity index is 1.39. The van der Waals surface area contributed by atoms with Gasteiger partial charge in [0.1, 0.15) is 0 Å². The van der Waals surface area contributed by atoms with Gasteiger partial charge in [0.25, 0.3) is 0 Å². The molecule has 0 aliphatic heterocycles. The van der Waals surface area contributed by atoms with E-state index in [2.05, 4.69) is 15.6 Å². The molecule has 148 valence electrons. The van der Waals surface area contributed by atoms with Gasteiger partial charge < -0.3 is 20.1 Å². The van der Waals surface area contributed by atoms with Crippen molar-refractivity contribution in [3.63, 3.8) is 0 Å². The molecular formula is C21H25N3O4. The predicted octanol–water partition coefficient (Wildman–Crippen LogP) is 1.71. The van der Waals surface area contributed by atoms with Gasteiger partial charge in [0.05, 0.1) is 26.1 Å². The number of methoxy groups -OCH3 is 2. The molecule has 0 saturated heterocycles. The van der Waals surface area contributed by atoms with Crippen LogP contribution < -0.4 is 20.1 Å². The molecule has 2 amide bonds. The lowest BCUT2D eigenvalue weighted by Crippen LogP contribution is -2.31. The van der Waals surface area contributed by atoms with Crippen molar-refractivity contribution in [3.05, 3.63) is 53.9 Å². The molecule has 0 radical (unpaired) electrons. The monoisotopic (exact) mass is 383 g/mol. The maximum atomic E-state index is 12.3. The zero-order valence-electron chi connectivity index (χ0n) is 16.1. The van der Waals surface area contributed by atoms with Crippen LogP contribution in [0.2, 0.25) is 0 Å². The Morgan fingerprint density at radius 3 is 2.32 bits per heavy atom. The van der Waals surface area contributed by atoms with Crippen LogP contribution in [0.25, 0.3) is 0 Å². The van der Waals surface area contributed by atoms with Crippen molar-refractivity contribution in [3.8, 4) is 11.5 Å². The molecule has 0 spiro atoms. The minimum Gasteiger partial charge on any atom is -0.493 e. The molecule has 2 aromatic rings. The smallest absolute Gasteiger partial charge is 0.224 e. The second-order valence-electron chi connectivity index (χ2n) is 6.75. The molecule has 2 N–H and O–H groups in total. The van der Waals surface area contributed by atoms with Crippen LogP contribution in [0.15, 0.2) is 42.7 Å². The zero-order valence-corrected chi connectivity index (χ0v) is 16.1. The van der Waals surface area contributed by atoms with E-state index in [0.29, 0.717) is 37.4 Å². The van der Waals surface area contributed by atoms with E-state index in [-0.39, 0.29) is 23.7 Å². The van der Waals surface area contributed by atoms with Crippen LogP contribution in [-0.4, -0.2) is 37.6 Å². The van der Waals surface area contributed by atoms with Crippen LogP contribution >= 0.6 is 0 Å². The summed E-state index contributed by atoms with van der Waals surface area (Å²) in [5.41, 5.74) is 2.03. The van der Waals surface area contributed by atoms with E-state index in [1.165, 1.54) is 0 Å². The number of pyridine rings is 1. The highest BCUT2D eigenvalue weighted by Gasteiger charge is 2.47. The summed E-state index contributed by atoms with van der Waals surface area (Å²) in [4.78, 5) is 28.4. The van der Waals surface area contributed by atoms with Gasteiger partial charge in [0.2, 0.25) is 11.8 Å². The SMILES string of the molecule is COc1ccc(CCNC(=O)C2CC2C(=O)NCc2ccncc2)cc1OC. The van der Waals surface area contributed by atoms with Gasteiger partial charge in [-0.1, -0.05) is 6.07 Å². The molecule has 2 unspecified atom stereocenters. The summed E-state index contributed by atoms with van der Waals surface area (Å²) in [6, 6.07) is 9.40. The van der Waals surface area contributed by atoms with Crippen molar-refractivity contribution in [2.75, 3.05) is 20.8 Å². The molecule has 1 aromatic heterocycles. The predicted molar refractivity (Wildman–Crippen MR) is 104 cm³/mol. The Bertz CT molecular complexity index is 826. The minimum absolute atomic E-state index is 0.0652. The average molecular weight is 383 g/mol. The Hall–Kier alpha value is -3.09. The Kier molecular flexibility index (Phi) is 6.47. The van der Waals surface area contributed by atoms with Crippen molar-refractivity contribution < 1.29 is 19.1 Å². The van der Waals surface area contributed by atoms with Gasteiger partial charge in [0.15, 0.2) is 11.5 Å². The highest BCUT2D eigenvalue weighted by molar-refractivity contribution is 5.92. The van der Waals surface area contributed by atoms with Crippen LogP contribution in [0.1, 0.15) is 17.5 Å². The molecule has 28 heavy (non-hydrogen) atoms. The largest absolute Gasteiger partial charge is 0.493 e. The summed E-state index contributed by atoms with van der Waals surface area (Å²) < 4.78 is 10.5. The lowest BCUT2D eigenvalue weighted by atomic mass is 10.1. The highest BCUT2D eigenvalue weighted by Crippen LogP contribution is 2.38. The number of carbonyl (C=O) groups is 2. The first-order chi connectivity index (χ1) is 13.6. The van der Waals surface area contributed by atoms with Gasteiger partial charge in [-0.05, 0) is 48.2 Å². The molecular weight excluding hydrogens is 358 g/mol. The van der Waals surface area contributed by atoms with Gasteiger partial charge in [0, 0.05) is 25.5 Å². The van der Waals surface area contributed by atoms with Crippen LogP contribution in [-0.2, 0) is 22.6 Å². The van der Waals surface area contributed by atoms with Crippen LogP contribution in [0.3, 0.4) is 0 Å². The zero-order chi connectivity index (χ0) is 19.9. The Labute approximate surface area is 164 Å². The standard InChI is InChI=1S/C21H25N3O4/c1-27-18-4-3-14(11-19(18)28-2)7-10-23-20(25)16-12-17(16)21(26)24-13-15-5-8-22-9-6-15/h3-6,8-9,11,16-17H,7,10,12-13H2,1-2H3,(H,23,25)(H,24,26). The van der Waals surface area contributed by atoms with E-state index < -0.39 is 0 Å². The molecule has 1 fully saturated rings. The Morgan fingerprint density at radius 1 is 0.964 bits per heavy atom. The van der Waals surface area contributed by atoms with E-state index in [9.17, 15) is 9.59 Å². The van der Waals surface area contributed by atoms with E-state index >= 15 is 0 Å². The number of nitrogens with zero attached hydrogens (tertiary/aromatic N) is 1. The minimum atomic E-state index is -0.233. The van der Waals surface area contributed by atoms with Gasteiger partial charge >= 0.3 is 0 Å². The van der Waals surface area contributed by atoms with Crippen LogP contribution in [0.5, 0.6) is 11.5 Å². The third-order valence-corrected chi connectivity index (χ3v) is 4.84. The summed E-state index contributed by atoms with van der Waals surface area (Å²) in [6.45, 7) is 0.960. The first-order valence-corrected chi connectivity index (χ1v) is 9.27. The average Bonchev–Trinajstić information content (AvgIpc) is 3.53. The van der Waals surface area contributed by atoms with Crippen molar-refractivity contribution in [1.82, 2.24) is 15.6 Å². The summed E-state index contributed by atoms with van der Waals surface area (Å²) in [5, 5.41) is 5.80. The normalized spacial score (nSPS) is 17.5. The molecule has 3 rings (SSSR count). The highest BCUT2D eigenvalue weighted by atomic mass is 16.5. The first-order valence-electron chi connectivity index (χ1n) is 9.27. The molecule has 1 aromatic carbocycles. The quantitative estimate of drug-likeness (QED) is 0.688. The first kappa shape index (κ1) is 19.7. The van der Waals surface area contributed by atoms with Gasteiger partial charge in [-0.15, -0.1) is 0 Å². The number of ether oxygens (including phenoxy) is 2. The van der Waals surface area contributed by atoms with E-state index in [0.717, 1.165) is 11.1 Å². The molecule has 1 aliphatic carbocycles. The third kappa shape index (κ3) is 5.00. The second kappa shape index (κ2) is 9.21. The number of hydrogen-bond donors (Lipinski definition) is 2. The Morgan fingerprint density at radius 2 is 1.64 bits per heavy atom. The van der Waals surface area contributed by atoms with Crippen molar-refractivity contribution in [1.29, 1.82) is 0 Å². The number of hydrogen-bond acceptors (Lipinski definition) is 5. The lowest BCUT2D eigenvalue weighted by Gasteiger charge is -2.10. The fourth-order valence-electron chi connectivity index (χ4n) is 3.09. The molecule has 1 aliphatic rings. The van der Waals surface area contributed by atoms with E-state index in [1.807, 2.05) is 30.3 Å². The van der Waals surface area contributed by atoms with Crippen molar-refractivity contribution >= 4 is 11.8 Å². The molecule has 7 heteroatoms. The number of amides is 2. The van der Waals surface area contributed by atoms with E-state index in [1.54, 1.807) is 26.6 Å². The van der Waals surface area contributed by atoms with Crippen molar-refractivity contribution in [2.45, 2.75) is 19.4 Å². The number of carbonyl (C=O) groups excluding carboxylic acids is 2. The lowest BCUT2D eigenvalue weighted by molar-refractivity contribution is -0.127. The molecule has 1 heterocycles. The number of aromatic nitrogens is 1. The third-order valence-electron chi connectivity index (χ3n) is 4.84. The second-order valence-corrected chi connectivity index (χ2v) is 6.75. The summed E-state index contributed by atoms with van der Waals surface area (Å²) in [6.07, 6.45) is 4.66. The van der Waals surface area contributed by atoms with Crippen molar-refractivity contribution in [2.24, 2.45) is 11.8 Å². The topological polar surface area (TPSA) is 89.5 Å². The summed E-state index contributed by atoms with van der Waals surface area (Å²) in [5.74, 6) is 0.737. The molecule has 7 nitrogen and oxygen atoms in total. The maximum absolute atomic E-state index is 12.3.